The molecule has 1 fully saturated rings. The minimum Gasteiger partial charge on any atom is -0.449 e. The molecule has 7 heteroatoms. The Kier molecular flexibility index (Phi) is 6.58. The van der Waals surface area contributed by atoms with Gasteiger partial charge < -0.3 is 14.8 Å². The van der Waals surface area contributed by atoms with E-state index in [4.69, 9.17) is 9.47 Å². The topological polar surface area (TPSA) is 67.9 Å². The summed E-state index contributed by atoms with van der Waals surface area (Å²) in [6.45, 7) is 6.32. The van der Waals surface area contributed by atoms with Crippen LogP contribution in [0.1, 0.15) is 56.3 Å². The molecule has 4 rings (SSSR count). The molecule has 1 N–H and O–H groups in total. The van der Waals surface area contributed by atoms with Crippen LogP contribution in [0.5, 0.6) is 0 Å². The summed E-state index contributed by atoms with van der Waals surface area (Å²) < 4.78 is 24.5. The first kappa shape index (κ1) is 23.1. The van der Waals surface area contributed by atoms with Gasteiger partial charge in [0.25, 0.3) is 0 Å². The maximum absolute atomic E-state index is 13.5. The molecule has 1 saturated carbocycles. The van der Waals surface area contributed by atoms with Crippen LogP contribution in [-0.2, 0) is 15.9 Å². The molecule has 1 heterocycles. The Balaban J connectivity index is 1.35. The first-order valence-electron chi connectivity index (χ1n) is 11.5. The number of hydrogen-bond donors (Lipinski definition) is 1. The molecule has 0 spiro atoms. The van der Waals surface area contributed by atoms with Crippen LogP contribution >= 0.6 is 0 Å². The molecular formula is C26H31FN2O4. The predicted octanol–water partition coefficient (Wildman–Crippen LogP) is 5.21. The predicted molar refractivity (Wildman–Crippen MR) is 122 cm³/mol. The summed E-state index contributed by atoms with van der Waals surface area (Å²) in [5.41, 5.74) is 2.55. The fourth-order valence-electron chi connectivity index (χ4n) is 4.50. The Morgan fingerprint density at radius 1 is 1.09 bits per heavy atom. The molecule has 2 aromatic rings. The van der Waals surface area contributed by atoms with Gasteiger partial charge in [-0.15, -0.1) is 0 Å². The van der Waals surface area contributed by atoms with E-state index in [1.165, 1.54) is 17.7 Å². The SMILES string of the molecule is CC(C)(C)OC(=O)N[C@H]1C[C@@H](COC(=O)N2CCc3ccccc3[C@@H]2c2ccc(F)cc2)C1. The lowest BCUT2D eigenvalue weighted by atomic mass is 9.81. The fraction of sp³-hybridized carbons (Fsp3) is 0.462. The zero-order valence-electron chi connectivity index (χ0n) is 19.3. The molecule has 0 aromatic heterocycles. The van der Waals surface area contributed by atoms with E-state index in [-0.39, 0.29) is 29.9 Å². The van der Waals surface area contributed by atoms with Crippen LogP contribution < -0.4 is 5.32 Å². The highest BCUT2D eigenvalue weighted by Crippen LogP contribution is 2.36. The Bertz CT molecular complexity index is 996. The van der Waals surface area contributed by atoms with Gasteiger partial charge in [-0.05, 0) is 74.8 Å². The average Bonchev–Trinajstić information content (AvgIpc) is 2.73. The number of nitrogens with zero attached hydrogens (tertiary/aromatic N) is 1. The smallest absolute Gasteiger partial charge is 0.410 e. The van der Waals surface area contributed by atoms with Gasteiger partial charge in [-0.3, -0.25) is 4.90 Å². The van der Waals surface area contributed by atoms with Gasteiger partial charge in [-0.1, -0.05) is 36.4 Å². The van der Waals surface area contributed by atoms with E-state index in [2.05, 4.69) is 11.4 Å². The number of halogens is 1. The Morgan fingerprint density at radius 2 is 1.79 bits per heavy atom. The zero-order valence-corrected chi connectivity index (χ0v) is 19.3. The third kappa shape index (κ3) is 5.64. The first-order valence-corrected chi connectivity index (χ1v) is 11.5. The van der Waals surface area contributed by atoms with Gasteiger partial charge in [0.05, 0.1) is 12.6 Å². The number of ether oxygens (including phenoxy) is 2. The largest absolute Gasteiger partial charge is 0.449 e. The van der Waals surface area contributed by atoms with E-state index in [0.717, 1.165) is 30.4 Å². The Labute approximate surface area is 194 Å². The molecule has 0 radical (unpaired) electrons. The van der Waals surface area contributed by atoms with E-state index in [0.29, 0.717) is 13.2 Å². The Morgan fingerprint density at radius 3 is 2.48 bits per heavy atom. The van der Waals surface area contributed by atoms with Crippen LogP contribution in [0.15, 0.2) is 48.5 Å². The Hall–Kier alpha value is -3.09. The summed E-state index contributed by atoms with van der Waals surface area (Å²) in [6, 6.07) is 14.0. The normalized spacial score (nSPS) is 22.1. The molecule has 176 valence electrons. The summed E-state index contributed by atoms with van der Waals surface area (Å²) in [5, 5.41) is 2.86. The van der Waals surface area contributed by atoms with Crippen molar-refractivity contribution in [3.63, 3.8) is 0 Å². The molecule has 6 nitrogen and oxygen atoms in total. The quantitative estimate of drug-likeness (QED) is 0.688. The second-order valence-corrected chi connectivity index (χ2v) is 9.85. The number of amides is 2. The van der Waals surface area contributed by atoms with E-state index in [1.54, 1.807) is 17.0 Å². The van der Waals surface area contributed by atoms with Crippen molar-refractivity contribution in [2.45, 2.75) is 57.7 Å². The molecule has 1 aliphatic heterocycles. The van der Waals surface area contributed by atoms with Gasteiger partial charge in [0, 0.05) is 12.6 Å². The van der Waals surface area contributed by atoms with E-state index in [1.807, 2.05) is 39.0 Å². The lowest BCUT2D eigenvalue weighted by molar-refractivity contribution is 0.0341. The number of carbonyl (C=O) groups excluding carboxylic acids is 2. The number of nitrogens with one attached hydrogen (secondary N) is 1. The van der Waals surface area contributed by atoms with Crippen LogP contribution in [0.4, 0.5) is 14.0 Å². The van der Waals surface area contributed by atoms with E-state index >= 15 is 0 Å². The van der Waals surface area contributed by atoms with Crippen molar-refractivity contribution in [1.82, 2.24) is 10.2 Å². The number of alkyl carbamates (subject to hydrolysis) is 1. The van der Waals surface area contributed by atoms with E-state index < -0.39 is 11.7 Å². The number of rotatable bonds is 4. The van der Waals surface area contributed by atoms with Crippen molar-refractivity contribution in [3.05, 3.63) is 71.0 Å². The molecule has 1 aliphatic carbocycles. The van der Waals surface area contributed by atoms with Crippen molar-refractivity contribution in [3.8, 4) is 0 Å². The molecule has 0 bridgehead atoms. The maximum Gasteiger partial charge on any atom is 0.410 e. The fourth-order valence-corrected chi connectivity index (χ4v) is 4.50. The van der Waals surface area contributed by atoms with Crippen molar-refractivity contribution < 1.29 is 23.5 Å². The third-order valence-electron chi connectivity index (χ3n) is 6.10. The van der Waals surface area contributed by atoms with Crippen LogP contribution in [0.2, 0.25) is 0 Å². The highest BCUT2D eigenvalue weighted by molar-refractivity contribution is 5.70. The highest BCUT2D eigenvalue weighted by atomic mass is 19.1. The van der Waals surface area contributed by atoms with Crippen LogP contribution in [0, 0.1) is 11.7 Å². The summed E-state index contributed by atoms with van der Waals surface area (Å²) in [5.74, 6) is -0.105. The maximum atomic E-state index is 13.5. The van der Waals surface area contributed by atoms with Gasteiger partial charge in [0.15, 0.2) is 0 Å². The summed E-state index contributed by atoms with van der Waals surface area (Å²) >= 11 is 0. The third-order valence-corrected chi connectivity index (χ3v) is 6.10. The zero-order chi connectivity index (χ0) is 23.6. The summed E-state index contributed by atoms with van der Waals surface area (Å²) in [4.78, 5) is 26.7. The minimum atomic E-state index is -0.531. The van der Waals surface area contributed by atoms with Gasteiger partial charge in [-0.2, -0.15) is 0 Å². The number of hydrogen-bond acceptors (Lipinski definition) is 4. The van der Waals surface area contributed by atoms with Crippen molar-refractivity contribution in [2.24, 2.45) is 5.92 Å². The van der Waals surface area contributed by atoms with Crippen LogP contribution in [0.3, 0.4) is 0 Å². The van der Waals surface area contributed by atoms with Crippen molar-refractivity contribution in [2.75, 3.05) is 13.2 Å². The van der Waals surface area contributed by atoms with Crippen molar-refractivity contribution >= 4 is 12.2 Å². The van der Waals surface area contributed by atoms with Gasteiger partial charge >= 0.3 is 12.2 Å². The van der Waals surface area contributed by atoms with Crippen molar-refractivity contribution in [1.29, 1.82) is 0 Å². The summed E-state index contributed by atoms with van der Waals surface area (Å²) in [7, 11) is 0. The van der Waals surface area contributed by atoms with E-state index in [9.17, 15) is 14.0 Å². The molecule has 0 unspecified atom stereocenters. The lowest BCUT2D eigenvalue weighted by Crippen LogP contribution is -2.48. The number of carbonyl (C=O) groups is 2. The monoisotopic (exact) mass is 454 g/mol. The van der Waals surface area contributed by atoms with Crippen LogP contribution in [0.25, 0.3) is 0 Å². The molecule has 2 aliphatic rings. The highest BCUT2D eigenvalue weighted by Gasteiger charge is 2.36. The standard InChI is InChI=1S/C26H31FN2O4/c1-26(2,3)33-24(30)28-21-14-17(15-21)16-32-25(31)29-13-12-18-6-4-5-7-22(18)23(29)19-8-10-20(27)11-9-19/h4-11,17,21,23H,12-16H2,1-3H3,(H,28,30)/t17-,21+,23-/m0/s1. The molecule has 2 aromatic carbocycles. The van der Waals surface area contributed by atoms with Gasteiger partial charge in [0.2, 0.25) is 0 Å². The van der Waals surface area contributed by atoms with Gasteiger partial charge in [0.1, 0.15) is 11.4 Å². The number of benzene rings is 2. The average molecular weight is 455 g/mol. The lowest BCUT2D eigenvalue weighted by Gasteiger charge is -2.39. The van der Waals surface area contributed by atoms with Crippen LogP contribution in [-0.4, -0.2) is 41.9 Å². The second kappa shape index (κ2) is 9.41. The summed E-state index contributed by atoms with van der Waals surface area (Å²) in [6.07, 6.45) is 1.45. The first-order chi connectivity index (χ1) is 15.7. The minimum absolute atomic E-state index is 0.0392. The molecule has 2 amide bonds. The van der Waals surface area contributed by atoms with Gasteiger partial charge in [-0.25, -0.2) is 14.0 Å². The molecule has 1 atom stereocenters. The second-order valence-electron chi connectivity index (χ2n) is 9.85. The molecular weight excluding hydrogens is 423 g/mol. The molecule has 0 saturated heterocycles. The number of fused-ring (bicyclic) bond motifs is 1. The molecule has 33 heavy (non-hydrogen) atoms.